The normalized spacial score (nSPS) is 15.7. The van der Waals surface area contributed by atoms with Gasteiger partial charge in [0, 0.05) is 22.2 Å². The number of unbranched alkanes of at least 4 members (excludes halogenated alkanes) is 1. The summed E-state index contributed by atoms with van der Waals surface area (Å²) in [5.41, 5.74) is 2.05. The SMILES string of the molecule is CCCCOc1ccc(-c2nc([S-])c3c4c(sc3n2)COC(C)(C)C4)cc1. The summed E-state index contributed by atoms with van der Waals surface area (Å²) < 4.78 is 11.7. The van der Waals surface area contributed by atoms with Crippen molar-refractivity contribution < 1.29 is 9.47 Å². The quantitative estimate of drug-likeness (QED) is 0.331. The van der Waals surface area contributed by atoms with Crippen molar-refractivity contribution in [1.82, 2.24) is 9.97 Å². The summed E-state index contributed by atoms with van der Waals surface area (Å²) in [5.74, 6) is 1.55. The maximum atomic E-state index is 5.94. The molecular formula is C21H23N2O2S2-. The average molecular weight is 400 g/mol. The second kappa shape index (κ2) is 7.34. The molecule has 0 bridgehead atoms. The highest BCUT2D eigenvalue weighted by atomic mass is 32.1. The Morgan fingerprint density at radius 1 is 1.22 bits per heavy atom. The number of ether oxygens (including phenoxy) is 2. The predicted octanol–water partition coefficient (Wildman–Crippen LogP) is 5.29. The Labute approximate surface area is 169 Å². The van der Waals surface area contributed by atoms with Crippen LogP contribution >= 0.6 is 11.3 Å². The second-order valence-electron chi connectivity index (χ2n) is 7.49. The van der Waals surface area contributed by atoms with E-state index in [0.29, 0.717) is 17.5 Å². The van der Waals surface area contributed by atoms with E-state index in [1.807, 2.05) is 24.3 Å². The molecule has 4 nitrogen and oxygen atoms in total. The summed E-state index contributed by atoms with van der Waals surface area (Å²) in [6, 6.07) is 7.93. The molecule has 142 valence electrons. The maximum Gasteiger partial charge on any atom is 0.159 e. The van der Waals surface area contributed by atoms with E-state index in [9.17, 15) is 0 Å². The number of aromatic nitrogens is 2. The van der Waals surface area contributed by atoms with Crippen LogP contribution in [0, 0.1) is 0 Å². The third-order valence-corrected chi connectivity index (χ3v) is 6.17. The third kappa shape index (κ3) is 3.79. The second-order valence-corrected chi connectivity index (χ2v) is 8.96. The Hall–Kier alpha value is -1.76. The van der Waals surface area contributed by atoms with Crippen LogP contribution in [0.15, 0.2) is 29.3 Å². The van der Waals surface area contributed by atoms with Crippen LogP contribution in [0.2, 0.25) is 0 Å². The van der Waals surface area contributed by atoms with Gasteiger partial charge in [0.2, 0.25) is 0 Å². The Kier molecular flexibility index (Phi) is 5.05. The lowest BCUT2D eigenvalue weighted by Crippen LogP contribution is -2.31. The minimum Gasteiger partial charge on any atom is -0.759 e. The van der Waals surface area contributed by atoms with E-state index in [1.165, 1.54) is 10.4 Å². The molecular weight excluding hydrogens is 376 g/mol. The minimum atomic E-state index is -0.172. The zero-order chi connectivity index (χ0) is 19.0. The highest BCUT2D eigenvalue weighted by Gasteiger charge is 2.29. The van der Waals surface area contributed by atoms with Crippen molar-refractivity contribution in [3.05, 3.63) is 34.7 Å². The zero-order valence-electron chi connectivity index (χ0n) is 15.9. The summed E-state index contributed by atoms with van der Waals surface area (Å²) >= 11 is 7.31. The molecule has 0 amide bonds. The topological polar surface area (TPSA) is 44.2 Å². The molecule has 0 unspecified atom stereocenters. The summed E-state index contributed by atoms with van der Waals surface area (Å²) in [5, 5.41) is 1.66. The van der Waals surface area contributed by atoms with Gasteiger partial charge in [-0.2, -0.15) is 0 Å². The fourth-order valence-corrected chi connectivity index (χ4v) is 4.75. The molecule has 0 spiro atoms. The van der Waals surface area contributed by atoms with Crippen molar-refractivity contribution in [1.29, 1.82) is 0 Å². The van der Waals surface area contributed by atoms with Gasteiger partial charge >= 0.3 is 0 Å². The van der Waals surface area contributed by atoms with E-state index < -0.39 is 0 Å². The molecule has 3 aromatic rings. The van der Waals surface area contributed by atoms with Crippen LogP contribution in [0.1, 0.15) is 44.1 Å². The maximum absolute atomic E-state index is 5.94. The highest BCUT2D eigenvalue weighted by Crippen LogP contribution is 2.40. The summed E-state index contributed by atoms with van der Waals surface area (Å²) in [6.07, 6.45) is 3.03. The minimum absolute atomic E-state index is 0.172. The summed E-state index contributed by atoms with van der Waals surface area (Å²) in [6.45, 7) is 7.75. The van der Waals surface area contributed by atoms with E-state index in [0.717, 1.165) is 47.4 Å². The van der Waals surface area contributed by atoms with Gasteiger partial charge in [-0.15, -0.1) is 11.3 Å². The van der Waals surface area contributed by atoms with Gasteiger partial charge < -0.3 is 22.1 Å². The van der Waals surface area contributed by atoms with Crippen molar-refractivity contribution in [2.45, 2.75) is 57.3 Å². The van der Waals surface area contributed by atoms with E-state index >= 15 is 0 Å². The predicted molar refractivity (Wildman–Crippen MR) is 111 cm³/mol. The molecule has 3 heterocycles. The monoisotopic (exact) mass is 399 g/mol. The first-order chi connectivity index (χ1) is 13.0. The van der Waals surface area contributed by atoms with Gasteiger partial charge in [-0.25, -0.2) is 4.98 Å². The van der Waals surface area contributed by atoms with E-state index in [4.69, 9.17) is 27.1 Å². The van der Waals surface area contributed by atoms with Crippen molar-refractivity contribution >= 4 is 34.2 Å². The molecule has 0 saturated carbocycles. The van der Waals surface area contributed by atoms with Gasteiger partial charge in [-0.1, -0.05) is 18.4 Å². The Bertz CT molecular complexity index is 964. The smallest absolute Gasteiger partial charge is 0.159 e. The van der Waals surface area contributed by atoms with E-state index in [-0.39, 0.29) is 5.60 Å². The van der Waals surface area contributed by atoms with Gasteiger partial charge in [0.15, 0.2) is 5.82 Å². The lowest BCUT2D eigenvalue weighted by molar-refractivity contribution is -0.0379. The molecule has 1 aromatic carbocycles. The molecule has 0 atom stereocenters. The average Bonchev–Trinajstić information content (AvgIpc) is 2.99. The molecule has 0 saturated heterocycles. The van der Waals surface area contributed by atoms with E-state index in [1.54, 1.807) is 11.3 Å². The Balaban J connectivity index is 1.66. The zero-order valence-corrected chi connectivity index (χ0v) is 17.5. The lowest BCUT2D eigenvalue weighted by Gasteiger charge is -2.30. The molecule has 0 N–H and O–H groups in total. The largest absolute Gasteiger partial charge is 0.759 e. The standard InChI is InChI=1S/C21H24N2O2S2/c1-4-5-10-24-14-8-6-13(7-9-14)18-22-19(26)17-15-11-21(2,3)25-12-16(15)27-20(17)23-18/h6-9H,4-5,10-12H2,1-3H3,(H,22,23,26)/p-1. The van der Waals surface area contributed by atoms with Crippen LogP contribution in [-0.2, 0) is 30.4 Å². The number of nitrogens with zero attached hydrogens (tertiary/aromatic N) is 2. The third-order valence-electron chi connectivity index (χ3n) is 4.78. The van der Waals surface area contributed by atoms with Crippen LogP contribution in [0.4, 0.5) is 0 Å². The number of hydrogen-bond donors (Lipinski definition) is 0. The van der Waals surface area contributed by atoms with E-state index in [2.05, 4.69) is 25.8 Å². The van der Waals surface area contributed by atoms with Gasteiger partial charge in [0.1, 0.15) is 10.6 Å². The van der Waals surface area contributed by atoms with Crippen LogP contribution < -0.4 is 4.74 Å². The Morgan fingerprint density at radius 3 is 2.74 bits per heavy atom. The molecule has 0 aliphatic carbocycles. The molecule has 1 aliphatic rings. The van der Waals surface area contributed by atoms with Crippen molar-refractivity contribution in [3.8, 4) is 17.1 Å². The fraction of sp³-hybridized carbons (Fsp3) is 0.429. The van der Waals surface area contributed by atoms with Crippen molar-refractivity contribution in [2.75, 3.05) is 6.61 Å². The summed E-state index contributed by atoms with van der Waals surface area (Å²) in [4.78, 5) is 11.6. The first kappa shape index (κ1) is 18.6. The van der Waals surface area contributed by atoms with Crippen molar-refractivity contribution in [2.24, 2.45) is 0 Å². The summed E-state index contributed by atoms with van der Waals surface area (Å²) in [7, 11) is 0. The molecule has 2 aromatic heterocycles. The molecule has 6 heteroatoms. The van der Waals surface area contributed by atoms with Crippen molar-refractivity contribution in [3.63, 3.8) is 0 Å². The number of fused-ring (bicyclic) bond motifs is 3. The molecule has 4 rings (SSSR count). The molecule has 0 fully saturated rings. The number of hydrogen-bond acceptors (Lipinski definition) is 6. The van der Waals surface area contributed by atoms with Gasteiger partial charge in [-0.3, -0.25) is 4.98 Å². The van der Waals surface area contributed by atoms with Crippen LogP contribution in [0.3, 0.4) is 0 Å². The number of benzene rings is 1. The first-order valence-electron chi connectivity index (χ1n) is 9.33. The van der Waals surface area contributed by atoms with Crippen LogP contribution in [0.25, 0.3) is 21.6 Å². The lowest BCUT2D eigenvalue weighted by atomic mass is 9.94. The van der Waals surface area contributed by atoms with Gasteiger partial charge in [-0.05, 0) is 50.1 Å². The van der Waals surface area contributed by atoms with Crippen LogP contribution in [-0.4, -0.2) is 22.2 Å². The van der Waals surface area contributed by atoms with Gasteiger partial charge in [0.25, 0.3) is 0 Å². The van der Waals surface area contributed by atoms with Crippen LogP contribution in [0.5, 0.6) is 5.75 Å². The molecule has 0 radical (unpaired) electrons. The first-order valence-corrected chi connectivity index (χ1v) is 10.6. The molecule has 1 aliphatic heterocycles. The van der Waals surface area contributed by atoms with Gasteiger partial charge in [0.05, 0.1) is 18.8 Å². The fourth-order valence-electron chi connectivity index (χ4n) is 3.28. The molecule has 27 heavy (non-hydrogen) atoms. The number of rotatable bonds is 5. The number of thiophene rings is 1. The Morgan fingerprint density at radius 2 is 2.00 bits per heavy atom. The highest BCUT2D eigenvalue weighted by molar-refractivity contribution is 7.59.